The lowest BCUT2D eigenvalue weighted by Crippen LogP contribution is -2.35. The van der Waals surface area contributed by atoms with Crippen LogP contribution in [0.4, 0.5) is 5.69 Å². The summed E-state index contributed by atoms with van der Waals surface area (Å²) in [6, 6.07) is 18.3. The van der Waals surface area contributed by atoms with Gasteiger partial charge in [-0.1, -0.05) is 30.3 Å². The lowest BCUT2D eigenvalue weighted by molar-refractivity contribution is -0.136. The van der Waals surface area contributed by atoms with Crippen LogP contribution in [0.25, 0.3) is 21.9 Å². The molecule has 152 valence electrons. The molecule has 1 aromatic heterocycles. The van der Waals surface area contributed by atoms with Crippen LogP contribution in [0.2, 0.25) is 0 Å². The number of amides is 2. The molecule has 0 aliphatic rings. The van der Waals surface area contributed by atoms with Crippen molar-refractivity contribution in [2.24, 2.45) is 0 Å². The van der Waals surface area contributed by atoms with E-state index in [1.165, 1.54) is 7.11 Å². The Morgan fingerprint density at radius 2 is 1.63 bits per heavy atom. The second-order valence-corrected chi connectivity index (χ2v) is 6.63. The summed E-state index contributed by atoms with van der Waals surface area (Å²) in [7, 11) is 3.08. The summed E-state index contributed by atoms with van der Waals surface area (Å²) in [5.74, 6) is -0.393. The van der Waals surface area contributed by atoms with Gasteiger partial charge < -0.3 is 24.5 Å². The quantitative estimate of drug-likeness (QED) is 0.493. The Kier molecular flexibility index (Phi) is 5.26. The molecule has 0 radical (unpaired) electrons. The molecule has 4 rings (SSSR count). The second kappa shape index (κ2) is 8.16. The lowest BCUT2D eigenvalue weighted by atomic mass is 10.1. The summed E-state index contributed by atoms with van der Waals surface area (Å²) in [6.45, 7) is 0.218. The van der Waals surface area contributed by atoms with E-state index in [4.69, 9.17) is 13.9 Å². The van der Waals surface area contributed by atoms with Crippen LogP contribution in [0.1, 0.15) is 5.56 Å². The summed E-state index contributed by atoms with van der Waals surface area (Å²) in [5.41, 5.74) is 2.52. The minimum atomic E-state index is -0.794. The smallest absolute Gasteiger partial charge is 0.313 e. The van der Waals surface area contributed by atoms with Gasteiger partial charge in [0, 0.05) is 23.4 Å². The highest BCUT2D eigenvalue weighted by Crippen LogP contribution is 2.36. The molecule has 0 aliphatic carbocycles. The molecule has 0 saturated carbocycles. The van der Waals surface area contributed by atoms with Crippen molar-refractivity contribution >= 4 is 39.4 Å². The number of fused-ring (bicyclic) bond motifs is 3. The van der Waals surface area contributed by atoms with E-state index in [2.05, 4.69) is 10.6 Å². The van der Waals surface area contributed by atoms with Crippen molar-refractivity contribution in [3.05, 3.63) is 66.2 Å². The van der Waals surface area contributed by atoms with Gasteiger partial charge in [0.1, 0.15) is 22.7 Å². The van der Waals surface area contributed by atoms with E-state index in [-0.39, 0.29) is 6.54 Å². The summed E-state index contributed by atoms with van der Waals surface area (Å²) < 4.78 is 16.3. The fourth-order valence-electron chi connectivity index (χ4n) is 3.20. The minimum absolute atomic E-state index is 0.218. The second-order valence-electron chi connectivity index (χ2n) is 6.63. The topological polar surface area (TPSA) is 89.8 Å². The SMILES string of the molecule is COc1ccc(CNC(=O)C(=O)Nc2cc3oc4ccccc4c3cc2OC)cc1. The number of benzene rings is 3. The molecular weight excluding hydrogens is 384 g/mol. The Labute approximate surface area is 172 Å². The van der Waals surface area contributed by atoms with Gasteiger partial charge in [-0.05, 0) is 29.8 Å². The van der Waals surface area contributed by atoms with Gasteiger partial charge in [-0.25, -0.2) is 0 Å². The Morgan fingerprint density at radius 3 is 2.37 bits per heavy atom. The van der Waals surface area contributed by atoms with Crippen LogP contribution in [-0.2, 0) is 16.1 Å². The highest BCUT2D eigenvalue weighted by molar-refractivity contribution is 6.39. The Balaban J connectivity index is 1.49. The molecule has 0 bridgehead atoms. The van der Waals surface area contributed by atoms with Gasteiger partial charge in [-0.3, -0.25) is 9.59 Å². The summed E-state index contributed by atoms with van der Waals surface area (Å²) in [6.07, 6.45) is 0. The average Bonchev–Trinajstić information content (AvgIpc) is 3.14. The van der Waals surface area contributed by atoms with E-state index in [1.807, 2.05) is 36.4 Å². The fourth-order valence-corrected chi connectivity index (χ4v) is 3.20. The number of methoxy groups -OCH3 is 2. The van der Waals surface area contributed by atoms with Crippen LogP contribution in [-0.4, -0.2) is 26.0 Å². The van der Waals surface area contributed by atoms with Crippen molar-refractivity contribution in [2.45, 2.75) is 6.54 Å². The maximum atomic E-state index is 12.4. The highest BCUT2D eigenvalue weighted by atomic mass is 16.5. The number of anilines is 1. The third kappa shape index (κ3) is 3.77. The Morgan fingerprint density at radius 1 is 0.867 bits per heavy atom. The van der Waals surface area contributed by atoms with Gasteiger partial charge in [-0.15, -0.1) is 0 Å². The van der Waals surface area contributed by atoms with Crippen LogP contribution in [0.15, 0.2) is 65.1 Å². The first kappa shape index (κ1) is 19.3. The number of carbonyl (C=O) groups excluding carboxylic acids is 2. The summed E-state index contributed by atoms with van der Waals surface area (Å²) >= 11 is 0. The first-order chi connectivity index (χ1) is 14.6. The van der Waals surface area contributed by atoms with Gasteiger partial charge in [-0.2, -0.15) is 0 Å². The average molecular weight is 404 g/mol. The lowest BCUT2D eigenvalue weighted by Gasteiger charge is -2.11. The molecule has 30 heavy (non-hydrogen) atoms. The molecule has 1 heterocycles. The van der Waals surface area contributed by atoms with E-state index < -0.39 is 11.8 Å². The maximum Gasteiger partial charge on any atom is 0.313 e. The molecule has 3 aromatic carbocycles. The summed E-state index contributed by atoms with van der Waals surface area (Å²) in [4.78, 5) is 24.6. The Hall–Kier alpha value is -4.00. The normalized spacial score (nSPS) is 10.7. The van der Waals surface area contributed by atoms with Crippen molar-refractivity contribution in [2.75, 3.05) is 19.5 Å². The predicted octanol–water partition coefficient (Wildman–Crippen LogP) is 3.86. The number of furan rings is 1. The number of carbonyl (C=O) groups is 2. The zero-order valence-corrected chi connectivity index (χ0v) is 16.5. The van der Waals surface area contributed by atoms with E-state index in [9.17, 15) is 9.59 Å². The van der Waals surface area contributed by atoms with Crippen molar-refractivity contribution in [1.29, 1.82) is 0 Å². The van der Waals surface area contributed by atoms with E-state index in [0.717, 1.165) is 27.7 Å². The van der Waals surface area contributed by atoms with Crippen LogP contribution >= 0.6 is 0 Å². The zero-order valence-electron chi connectivity index (χ0n) is 16.5. The van der Waals surface area contributed by atoms with Gasteiger partial charge in [0.2, 0.25) is 0 Å². The third-order valence-corrected chi connectivity index (χ3v) is 4.77. The number of nitrogens with one attached hydrogen (secondary N) is 2. The minimum Gasteiger partial charge on any atom is -0.497 e. The largest absolute Gasteiger partial charge is 0.497 e. The molecule has 0 fully saturated rings. The van der Waals surface area contributed by atoms with Gasteiger partial charge in [0.05, 0.1) is 19.9 Å². The number of hydrogen-bond donors (Lipinski definition) is 2. The van der Waals surface area contributed by atoms with Crippen LogP contribution in [0, 0.1) is 0 Å². The molecule has 2 amide bonds. The van der Waals surface area contributed by atoms with E-state index in [0.29, 0.717) is 17.0 Å². The van der Waals surface area contributed by atoms with Gasteiger partial charge in [0.15, 0.2) is 0 Å². The first-order valence-corrected chi connectivity index (χ1v) is 9.30. The number of ether oxygens (including phenoxy) is 2. The molecule has 0 spiro atoms. The van der Waals surface area contributed by atoms with Crippen molar-refractivity contribution < 1.29 is 23.5 Å². The molecule has 0 aliphatic heterocycles. The monoisotopic (exact) mass is 404 g/mol. The van der Waals surface area contributed by atoms with Crippen LogP contribution in [0.5, 0.6) is 11.5 Å². The zero-order chi connectivity index (χ0) is 21.1. The van der Waals surface area contributed by atoms with Gasteiger partial charge >= 0.3 is 11.8 Å². The molecule has 4 aromatic rings. The fraction of sp³-hybridized carbons (Fsp3) is 0.130. The molecule has 0 unspecified atom stereocenters. The molecule has 2 N–H and O–H groups in total. The Bertz CT molecular complexity index is 1230. The van der Waals surface area contributed by atoms with E-state index >= 15 is 0 Å². The molecule has 0 saturated heterocycles. The number of hydrogen-bond acceptors (Lipinski definition) is 5. The highest BCUT2D eigenvalue weighted by Gasteiger charge is 2.18. The van der Waals surface area contributed by atoms with Crippen LogP contribution in [0.3, 0.4) is 0 Å². The van der Waals surface area contributed by atoms with Crippen molar-refractivity contribution in [3.8, 4) is 11.5 Å². The van der Waals surface area contributed by atoms with Gasteiger partial charge in [0.25, 0.3) is 0 Å². The first-order valence-electron chi connectivity index (χ1n) is 9.30. The van der Waals surface area contributed by atoms with Crippen LogP contribution < -0.4 is 20.1 Å². The third-order valence-electron chi connectivity index (χ3n) is 4.77. The molecule has 0 atom stereocenters. The van der Waals surface area contributed by atoms with E-state index in [1.54, 1.807) is 31.4 Å². The van der Waals surface area contributed by atoms with Crippen molar-refractivity contribution in [1.82, 2.24) is 5.32 Å². The number of rotatable bonds is 5. The summed E-state index contributed by atoms with van der Waals surface area (Å²) in [5, 5.41) is 7.00. The number of para-hydroxylation sites is 1. The van der Waals surface area contributed by atoms with Crippen molar-refractivity contribution in [3.63, 3.8) is 0 Å². The molecule has 7 heteroatoms. The predicted molar refractivity (Wildman–Crippen MR) is 114 cm³/mol. The maximum absolute atomic E-state index is 12.4. The molecular formula is C23H20N2O5. The standard InChI is InChI=1S/C23H20N2O5/c1-28-15-9-7-14(8-10-15)13-24-22(26)23(27)25-18-12-20-17(11-21(18)29-2)16-5-3-4-6-19(16)30-20/h3-12H,13H2,1-2H3,(H,24,26)(H,25,27). The molecule has 7 nitrogen and oxygen atoms in total.